The van der Waals surface area contributed by atoms with Crippen molar-refractivity contribution in [2.45, 2.75) is 40.3 Å². The summed E-state index contributed by atoms with van der Waals surface area (Å²) >= 11 is 0. The zero-order chi connectivity index (χ0) is 15.7. The van der Waals surface area contributed by atoms with Gasteiger partial charge in [0.2, 0.25) is 12.5 Å². The fourth-order valence-corrected chi connectivity index (χ4v) is 3.34. The van der Waals surface area contributed by atoms with Crippen molar-refractivity contribution in [1.29, 1.82) is 0 Å². The van der Waals surface area contributed by atoms with Crippen LogP contribution in [0.2, 0.25) is 0 Å². The number of benzene rings is 1. The topological polar surface area (TPSA) is 28.5 Å². The van der Waals surface area contributed by atoms with Crippen LogP contribution in [0, 0.1) is 20.8 Å². The highest BCUT2D eigenvalue weighted by Crippen LogP contribution is 2.17. The maximum atomic E-state index is 3.15. The van der Waals surface area contributed by atoms with Gasteiger partial charge < -0.3 is 24.8 Å². The van der Waals surface area contributed by atoms with Crippen LogP contribution in [0.5, 0.6) is 0 Å². The zero-order valence-corrected chi connectivity index (χ0v) is 16.0. The Balaban J connectivity index is 0.00000144. The first-order valence-corrected chi connectivity index (χ1v) is 7.84. The number of nitrogens with zero attached hydrogens (tertiary/aromatic N) is 3. The number of hydrogen-bond donors (Lipinski definition) is 1. The number of rotatable bonds is 4. The number of H-pyrrole nitrogens is 1. The van der Waals surface area contributed by atoms with Crippen molar-refractivity contribution in [2.24, 2.45) is 0 Å². The normalized spacial score (nSPS) is 11.5. The second-order valence-corrected chi connectivity index (χ2v) is 5.71. The highest BCUT2D eigenvalue weighted by molar-refractivity contribution is 5.35. The Labute approximate surface area is 156 Å². The number of aromatic amines is 1. The third-order valence-corrected chi connectivity index (χ3v) is 4.48. The molecule has 0 radical (unpaired) electrons. The van der Waals surface area contributed by atoms with Crippen LogP contribution in [0.25, 0.3) is 5.69 Å². The molecule has 0 amide bonds. The van der Waals surface area contributed by atoms with Gasteiger partial charge in [0.05, 0.1) is 0 Å². The fourth-order valence-electron chi connectivity index (χ4n) is 3.34. The first kappa shape index (κ1) is 20.3. The quantitative estimate of drug-likeness (QED) is 0.470. The minimum absolute atomic E-state index is 0. The Bertz CT molecular complexity index is 764. The number of para-hydroxylation sites is 1. The van der Waals surface area contributed by atoms with Crippen molar-refractivity contribution in [3.63, 3.8) is 0 Å². The van der Waals surface area contributed by atoms with E-state index in [4.69, 9.17) is 0 Å². The first-order valence-electron chi connectivity index (χ1n) is 7.84. The minimum atomic E-state index is 0. The molecule has 130 valence electrons. The largest absolute Gasteiger partial charge is 1.00 e. The molecule has 0 aliphatic rings. The molecule has 4 nitrogen and oxygen atoms in total. The van der Waals surface area contributed by atoms with Gasteiger partial charge in [-0.1, -0.05) is 25.1 Å². The number of imidazole rings is 2. The van der Waals surface area contributed by atoms with E-state index in [1.165, 1.54) is 22.9 Å². The second kappa shape index (κ2) is 8.36. The molecule has 1 N–H and O–H groups in total. The third kappa shape index (κ3) is 3.35. The van der Waals surface area contributed by atoms with Gasteiger partial charge in [-0.05, 0) is 12.1 Å². The summed E-state index contributed by atoms with van der Waals surface area (Å²) in [5.41, 5.74) is 3.81. The zero-order valence-electron chi connectivity index (χ0n) is 14.5. The van der Waals surface area contributed by atoms with Gasteiger partial charge in [-0.25, -0.2) is 0 Å². The monoisotopic (exact) mass is 366 g/mol. The van der Waals surface area contributed by atoms with Gasteiger partial charge in [0.25, 0.3) is 5.82 Å². The van der Waals surface area contributed by atoms with Crippen LogP contribution in [0.3, 0.4) is 0 Å². The first-order chi connectivity index (χ1) is 10.6. The molecule has 3 rings (SSSR count). The standard InChI is InChI=1S/C18H23N4.2ClH/c1-5-18(20-12-11-19-13-20)22-15(3)14(2)21(16(22)4)17-9-7-6-8-10-17;;/h6-13,18H,5H2,1-4H3;2*1H/q+1;;/p-1. The lowest BCUT2D eigenvalue weighted by atomic mass is 10.3. The molecule has 24 heavy (non-hydrogen) atoms. The van der Waals surface area contributed by atoms with E-state index in [0.29, 0.717) is 0 Å². The molecular formula is C18H24Cl2N4. The van der Waals surface area contributed by atoms with Crippen molar-refractivity contribution >= 4 is 0 Å². The van der Waals surface area contributed by atoms with E-state index in [1.807, 2.05) is 12.5 Å². The summed E-state index contributed by atoms with van der Waals surface area (Å²) in [4.78, 5) is 3.15. The van der Waals surface area contributed by atoms with Crippen LogP contribution in [0.4, 0.5) is 0 Å². The molecule has 2 aromatic heterocycles. The Morgan fingerprint density at radius 1 is 1.08 bits per heavy atom. The molecule has 0 aliphatic heterocycles. The lowest BCUT2D eigenvalue weighted by Crippen LogP contribution is -3.00. The van der Waals surface area contributed by atoms with E-state index in [9.17, 15) is 0 Å². The lowest BCUT2D eigenvalue weighted by molar-refractivity contribution is -0.948. The van der Waals surface area contributed by atoms with Crippen molar-refractivity contribution < 1.29 is 33.9 Å². The van der Waals surface area contributed by atoms with Crippen LogP contribution in [-0.4, -0.2) is 9.55 Å². The van der Waals surface area contributed by atoms with Crippen LogP contribution < -0.4 is 33.9 Å². The summed E-state index contributed by atoms with van der Waals surface area (Å²) in [5, 5.41) is 0. The number of halogens is 2. The van der Waals surface area contributed by atoms with Crippen molar-refractivity contribution in [3.05, 3.63) is 66.3 Å². The van der Waals surface area contributed by atoms with Crippen LogP contribution >= 0.6 is 0 Å². The minimum Gasteiger partial charge on any atom is -1.00 e. The Morgan fingerprint density at radius 2 is 1.75 bits per heavy atom. The van der Waals surface area contributed by atoms with E-state index >= 15 is 0 Å². The molecule has 0 bridgehead atoms. The molecule has 3 aromatic rings. The molecule has 0 aliphatic carbocycles. The van der Waals surface area contributed by atoms with Gasteiger partial charge in [-0.2, -0.15) is 13.7 Å². The van der Waals surface area contributed by atoms with Crippen LogP contribution in [0.15, 0.2) is 49.1 Å². The molecular weight excluding hydrogens is 343 g/mol. The predicted molar refractivity (Wildman–Crippen MR) is 85.9 cm³/mol. The maximum absolute atomic E-state index is 3.15. The summed E-state index contributed by atoms with van der Waals surface area (Å²) in [6.45, 7) is 8.83. The molecule has 1 atom stereocenters. The van der Waals surface area contributed by atoms with Gasteiger partial charge in [0.1, 0.15) is 29.5 Å². The number of hydrogen-bond acceptors (Lipinski definition) is 0. The highest BCUT2D eigenvalue weighted by Gasteiger charge is 2.31. The smallest absolute Gasteiger partial charge is 0.262 e. The van der Waals surface area contributed by atoms with Gasteiger partial charge in [-0.15, -0.1) is 0 Å². The Kier molecular flexibility index (Phi) is 7.06. The van der Waals surface area contributed by atoms with Gasteiger partial charge >= 0.3 is 0 Å². The molecule has 0 spiro atoms. The fraction of sp³-hybridized carbons (Fsp3) is 0.333. The van der Waals surface area contributed by atoms with E-state index < -0.39 is 0 Å². The average molecular weight is 367 g/mol. The summed E-state index contributed by atoms with van der Waals surface area (Å²) in [6, 6.07) is 10.6. The van der Waals surface area contributed by atoms with E-state index in [-0.39, 0.29) is 31.0 Å². The van der Waals surface area contributed by atoms with Gasteiger partial charge in [0.15, 0.2) is 0 Å². The SMILES string of the molecule is CCC([n+]1cc[nH]c1)[n+]1c(C)c(C)n(-c2ccccc2)c1C.[Cl-].[Cl-]. The van der Waals surface area contributed by atoms with Crippen molar-refractivity contribution in [3.8, 4) is 5.69 Å². The highest BCUT2D eigenvalue weighted by atomic mass is 35.5. The van der Waals surface area contributed by atoms with E-state index in [0.717, 1.165) is 6.42 Å². The average Bonchev–Trinajstić information content (AvgIpc) is 3.13. The summed E-state index contributed by atoms with van der Waals surface area (Å²) in [7, 11) is 0. The Morgan fingerprint density at radius 3 is 2.29 bits per heavy atom. The summed E-state index contributed by atoms with van der Waals surface area (Å²) < 4.78 is 7.00. The van der Waals surface area contributed by atoms with E-state index in [1.54, 1.807) is 0 Å². The molecule has 1 aromatic carbocycles. The molecule has 6 heteroatoms. The van der Waals surface area contributed by atoms with Crippen LogP contribution in [-0.2, 0) is 0 Å². The molecule has 1 unspecified atom stereocenters. The third-order valence-electron chi connectivity index (χ3n) is 4.48. The predicted octanol–water partition coefficient (Wildman–Crippen LogP) is -3.23. The van der Waals surface area contributed by atoms with Crippen molar-refractivity contribution in [1.82, 2.24) is 9.55 Å². The van der Waals surface area contributed by atoms with Crippen LogP contribution in [0.1, 0.15) is 36.7 Å². The lowest BCUT2D eigenvalue weighted by Gasteiger charge is -2.11. The van der Waals surface area contributed by atoms with Gasteiger partial charge in [0, 0.05) is 27.2 Å². The maximum Gasteiger partial charge on any atom is 0.262 e. The molecule has 2 heterocycles. The summed E-state index contributed by atoms with van der Waals surface area (Å²) in [5.74, 6) is 1.25. The molecule has 0 saturated carbocycles. The van der Waals surface area contributed by atoms with Crippen molar-refractivity contribution in [2.75, 3.05) is 0 Å². The molecule has 0 fully saturated rings. The van der Waals surface area contributed by atoms with E-state index in [2.05, 4.69) is 82.9 Å². The number of nitrogens with one attached hydrogen (secondary N) is 1. The second-order valence-electron chi connectivity index (χ2n) is 5.71. The van der Waals surface area contributed by atoms with Gasteiger partial charge in [-0.3, -0.25) is 4.98 Å². The number of aromatic nitrogens is 4. The summed E-state index contributed by atoms with van der Waals surface area (Å²) in [6.07, 6.45) is 7.40. The molecule has 0 saturated heterocycles. The Hall–Kier alpha value is -1.78.